The number of hydrogen-bond donors (Lipinski definition) is 1. The van der Waals surface area contributed by atoms with Crippen molar-refractivity contribution in [3.63, 3.8) is 0 Å². The molecule has 1 aliphatic heterocycles. The Kier molecular flexibility index (Phi) is 5.57. The van der Waals surface area contributed by atoms with Gasteiger partial charge in [-0.15, -0.1) is 0 Å². The molecule has 1 amide bonds. The Morgan fingerprint density at radius 3 is 2.54 bits per heavy atom. The van der Waals surface area contributed by atoms with Gasteiger partial charge < -0.3 is 10.6 Å². The number of carbonyl (C=O) groups excluding carboxylic acids is 1. The smallest absolute Gasteiger partial charge is 0.240 e. The highest BCUT2D eigenvalue weighted by Gasteiger charge is 2.40. The van der Waals surface area contributed by atoms with E-state index >= 15 is 0 Å². The van der Waals surface area contributed by atoms with Crippen LogP contribution in [0.4, 0.5) is 0 Å². The zero-order chi connectivity index (χ0) is 17.1. The summed E-state index contributed by atoms with van der Waals surface area (Å²) >= 11 is 0. The Hall–Kier alpha value is -1.39. The molecule has 2 fully saturated rings. The highest BCUT2D eigenvalue weighted by molar-refractivity contribution is 5.82. The van der Waals surface area contributed by atoms with E-state index in [0.717, 1.165) is 45.3 Å². The molecule has 1 saturated heterocycles. The van der Waals surface area contributed by atoms with Gasteiger partial charge in [-0.05, 0) is 43.7 Å². The van der Waals surface area contributed by atoms with Crippen LogP contribution in [0, 0.1) is 5.92 Å². The quantitative estimate of drug-likeness (QED) is 0.873. The molecule has 1 saturated carbocycles. The number of likely N-dealkylation sites (tertiary alicyclic amines) is 1. The van der Waals surface area contributed by atoms with Crippen LogP contribution >= 0.6 is 0 Å². The van der Waals surface area contributed by atoms with Crippen LogP contribution in [-0.4, -0.2) is 46.9 Å². The lowest BCUT2D eigenvalue weighted by atomic mass is 9.99. The minimum atomic E-state index is -0.366. The molecule has 2 atom stereocenters. The van der Waals surface area contributed by atoms with E-state index in [1.807, 2.05) is 13.8 Å². The van der Waals surface area contributed by atoms with Crippen LogP contribution in [-0.2, 0) is 11.3 Å². The average Bonchev–Trinajstić information content (AvgIpc) is 3.40. The molecule has 4 heteroatoms. The number of amides is 1. The molecule has 0 aromatic heterocycles. The van der Waals surface area contributed by atoms with Gasteiger partial charge in [0.15, 0.2) is 0 Å². The number of piperidine rings is 1. The Morgan fingerprint density at radius 2 is 1.92 bits per heavy atom. The summed E-state index contributed by atoms with van der Waals surface area (Å²) in [5, 5.41) is 0. The molecule has 1 aliphatic carbocycles. The lowest BCUT2D eigenvalue weighted by molar-refractivity contribution is -0.138. The SMILES string of the molecule is CC(C)[C@H](N)C(=O)N(C1CC1)[C@H]1CCCN(Cc2ccccc2)C1. The highest BCUT2D eigenvalue weighted by atomic mass is 16.2. The first kappa shape index (κ1) is 17.4. The van der Waals surface area contributed by atoms with E-state index in [1.54, 1.807) is 0 Å². The summed E-state index contributed by atoms with van der Waals surface area (Å²) in [5.74, 6) is 0.363. The predicted octanol–water partition coefficient (Wildman–Crippen LogP) is 2.63. The van der Waals surface area contributed by atoms with E-state index < -0.39 is 0 Å². The molecule has 3 rings (SSSR count). The van der Waals surface area contributed by atoms with Crippen molar-refractivity contribution in [1.82, 2.24) is 9.80 Å². The molecular formula is C20H31N3O. The molecule has 1 aromatic rings. The summed E-state index contributed by atoms with van der Waals surface area (Å²) in [7, 11) is 0. The molecule has 132 valence electrons. The molecular weight excluding hydrogens is 298 g/mol. The van der Waals surface area contributed by atoms with E-state index in [1.165, 1.54) is 5.56 Å². The van der Waals surface area contributed by atoms with Gasteiger partial charge in [0.2, 0.25) is 5.91 Å². The number of nitrogens with zero attached hydrogens (tertiary/aromatic N) is 2. The highest BCUT2D eigenvalue weighted by Crippen LogP contribution is 2.32. The Bertz CT molecular complexity index is 541. The maximum absolute atomic E-state index is 12.9. The van der Waals surface area contributed by atoms with Crippen molar-refractivity contribution in [3.05, 3.63) is 35.9 Å². The molecule has 1 aromatic carbocycles. The second-order valence-electron chi connectivity index (χ2n) is 7.76. The van der Waals surface area contributed by atoms with Gasteiger partial charge in [0.25, 0.3) is 0 Å². The van der Waals surface area contributed by atoms with Crippen LogP contribution < -0.4 is 5.73 Å². The van der Waals surface area contributed by atoms with Crippen LogP contribution in [0.15, 0.2) is 30.3 Å². The van der Waals surface area contributed by atoms with Crippen molar-refractivity contribution < 1.29 is 4.79 Å². The van der Waals surface area contributed by atoms with Gasteiger partial charge >= 0.3 is 0 Å². The normalized spacial score (nSPS) is 23.2. The van der Waals surface area contributed by atoms with Crippen LogP contribution in [0.1, 0.15) is 45.1 Å². The lowest BCUT2D eigenvalue weighted by Crippen LogP contribution is -2.56. The summed E-state index contributed by atoms with van der Waals surface area (Å²) in [5.41, 5.74) is 7.54. The van der Waals surface area contributed by atoms with Gasteiger partial charge in [0.05, 0.1) is 6.04 Å². The third kappa shape index (κ3) is 4.17. The van der Waals surface area contributed by atoms with Crippen molar-refractivity contribution in [2.24, 2.45) is 11.7 Å². The largest absolute Gasteiger partial charge is 0.334 e. The summed E-state index contributed by atoms with van der Waals surface area (Å²) in [4.78, 5) is 17.6. The zero-order valence-corrected chi connectivity index (χ0v) is 15.0. The van der Waals surface area contributed by atoms with Gasteiger partial charge in [0.1, 0.15) is 0 Å². The minimum absolute atomic E-state index is 0.166. The lowest BCUT2D eigenvalue weighted by Gasteiger charge is -2.41. The first-order valence-corrected chi connectivity index (χ1v) is 9.40. The maximum Gasteiger partial charge on any atom is 0.240 e. The van der Waals surface area contributed by atoms with E-state index in [-0.39, 0.29) is 17.9 Å². The first-order valence-electron chi connectivity index (χ1n) is 9.40. The van der Waals surface area contributed by atoms with E-state index in [4.69, 9.17) is 5.73 Å². The van der Waals surface area contributed by atoms with Crippen molar-refractivity contribution in [1.29, 1.82) is 0 Å². The number of carbonyl (C=O) groups is 1. The van der Waals surface area contributed by atoms with Crippen molar-refractivity contribution >= 4 is 5.91 Å². The van der Waals surface area contributed by atoms with Crippen molar-refractivity contribution in [2.45, 2.75) is 64.2 Å². The summed E-state index contributed by atoms with van der Waals surface area (Å²) < 4.78 is 0. The van der Waals surface area contributed by atoms with Gasteiger partial charge in [0, 0.05) is 25.2 Å². The average molecular weight is 329 g/mol. The topological polar surface area (TPSA) is 49.6 Å². The number of rotatable bonds is 6. The van der Waals surface area contributed by atoms with Crippen LogP contribution in [0.3, 0.4) is 0 Å². The predicted molar refractivity (Wildman–Crippen MR) is 97.4 cm³/mol. The van der Waals surface area contributed by atoms with Crippen LogP contribution in [0.25, 0.3) is 0 Å². The van der Waals surface area contributed by atoms with E-state index in [0.29, 0.717) is 12.1 Å². The Balaban J connectivity index is 1.66. The zero-order valence-electron chi connectivity index (χ0n) is 15.0. The standard InChI is InChI=1S/C20H31N3O/c1-15(2)19(21)20(24)23(17-10-11-17)18-9-6-12-22(14-18)13-16-7-4-3-5-8-16/h3-5,7-8,15,17-19H,6,9-14,21H2,1-2H3/t18-,19-/m0/s1. The van der Waals surface area contributed by atoms with Crippen LogP contribution in [0.5, 0.6) is 0 Å². The Labute approximate surface area is 146 Å². The second-order valence-corrected chi connectivity index (χ2v) is 7.76. The molecule has 0 bridgehead atoms. The number of benzene rings is 1. The number of nitrogens with two attached hydrogens (primary N) is 1. The fraction of sp³-hybridized carbons (Fsp3) is 0.650. The molecule has 24 heavy (non-hydrogen) atoms. The minimum Gasteiger partial charge on any atom is -0.334 e. The first-order chi connectivity index (χ1) is 11.6. The molecule has 2 aliphatic rings. The van der Waals surface area contributed by atoms with Crippen molar-refractivity contribution in [3.8, 4) is 0 Å². The fourth-order valence-electron chi connectivity index (χ4n) is 3.71. The second kappa shape index (κ2) is 7.66. The molecule has 0 radical (unpaired) electrons. The summed E-state index contributed by atoms with van der Waals surface area (Å²) in [6, 6.07) is 11.0. The third-order valence-corrected chi connectivity index (χ3v) is 5.32. The van der Waals surface area contributed by atoms with Gasteiger partial charge in [-0.25, -0.2) is 0 Å². The number of hydrogen-bond acceptors (Lipinski definition) is 3. The van der Waals surface area contributed by atoms with E-state index in [9.17, 15) is 4.79 Å². The molecule has 2 N–H and O–H groups in total. The third-order valence-electron chi connectivity index (χ3n) is 5.32. The maximum atomic E-state index is 12.9. The fourth-order valence-corrected chi connectivity index (χ4v) is 3.71. The monoisotopic (exact) mass is 329 g/mol. The molecule has 0 spiro atoms. The summed E-state index contributed by atoms with van der Waals surface area (Å²) in [6.45, 7) is 7.14. The molecule has 4 nitrogen and oxygen atoms in total. The molecule has 1 heterocycles. The van der Waals surface area contributed by atoms with Gasteiger partial charge in [-0.1, -0.05) is 44.2 Å². The van der Waals surface area contributed by atoms with Crippen molar-refractivity contribution in [2.75, 3.05) is 13.1 Å². The summed E-state index contributed by atoms with van der Waals surface area (Å²) in [6.07, 6.45) is 4.56. The van der Waals surface area contributed by atoms with Gasteiger partial charge in [-0.3, -0.25) is 9.69 Å². The Morgan fingerprint density at radius 1 is 1.21 bits per heavy atom. The van der Waals surface area contributed by atoms with Gasteiger partial charge in [-0.2, -0.15) is 0 Å². The van der Waals surface area contributed by atoms with Crippen LogP contribution in [0.2, 0.25) is 0 Å². The van der Waals surface area contributed by atoms with E-state index in [2.05, 4.69) is 40.1 Å². The molecule has 0 unspecified atom stereocenters.